The van der Waals surface area contributed by atoms with E-state index in [4.69, 9.17) is 0 Å². The van der Waals surface area contributed by atoms with Gasteiger partial charge in [-0.3, -0.25) is 0 Å². The van der Waals surface area contributed by atoms with Gasteiger partial charge in [0.2, 0.25) is 0 Å². The number of benzene rings is 1. The second-order valence-corrected chi connectivity index (χ2v) is 4.29. The Balaban J connectivity index is 2.20. The van der Waals surface area contributed by atoms with Crippen molar-refractivity contribution >= 4 is 5.69 Å². The molecule has 1 aliphatic heterocycles. The summed E-state index contributed by atoms with van der Waals surface area (Å²) in [6.45, 7) is 5.01. The summed E-state index contributed by atoms with van der Waals surface area (Å²) in [6.07, 6.45) is -4.64. The van der Waals surface area contributed by atoms with E-state index in [1.165, 1.54) is 12.1 Å². The number of hydrogen-bond donors (Lipinski definition) is 1. The fourth-order valence-corrected chi connectivity index (χ4v) is 2.03. The van der Waals surface area contributed by atoms with Gasteiger partial charge < -0.3 is 15.0 Å². The van der Waals surface area contributed by atoms with Crippen LogP contribution >= 0.6 is 0 Å². The Morgan fingerprint density at radius 2 is 1.83 bits per heavy atom. The summed E-state index contributed by atoms with van der Waals surface area (Å²) < 4.78 is 40.6. The second-order valence-electron chi connectivity index (χ2n) is 4.29. The van der Waals surface area contributed by atoms with E-state index in [-0.39, 0.29) is 5.75 Å². The number of anilines is 1. The highest BCUT2D eigenvalue weighted by Gasteiger charge is 2.31. The lowest BCUT2D eigenvalue weighted by Gasteiger charge is -2.30. The normalized spacial score (nSPS) is 16.8. The monoisotopic (exact) mass is 260 g/mol. The number of rotatable bonds is 2. The zero-order chi connectivity index (χ0) is 13.2. The summed E-state index contributed by atoms with van der Waals surface area (Å²) in [5, 5.41) is 3.20. The number of halogens is 3. The van der Waals surface area contributed by atoms with Crippen LogP contribution in [0, 0.1) is 6.92 Å². The van der Waals surface area contributed by atoms with Gasteiger partial charge in [0.1, 0.15) is 5.75 Å². The smallest absolute Gasteiger partial charge is 0.406 e. The van der Waals surface area contributed by atoms with E-state index in [9.17, 15) is 13.2 Å². The average molecular weight is 260 g/mol. The Hall–Kier alpha value is -1.43. The van der Waals surface area contributed by atoms with Gasteiger partial charge in [0.15, 0.2) is 0 Å². The van der Waals surface area contributed by atoms with Crippen molar-refractivity contribution in [2.24, 2.45) is 0 Å². The van der Waals surface area contributed by atoms with Crippen LogP contribution < -0.4 is 15.0 Å². The van der Waals surface area contributed by atoms with Crippen molar-refractivity contribution in [3.63, 3.8) is 0 Å². The lowest BCUT2D eigenvalue weighted by atomic mass is 10.2. The number of hydrogen-bond acceptors (Lipinski definition) is 3. The molecule has 0 amide bonds. The minimum Gasteiger partial charge on any atom is -0.406 e. The maximum Gasteiger partial charge on any atom is 0.573 e. The third-order valence-electron chi connectivity index (χ3n) is 2.75. The van der Waals surface area contributed by atoms with Gasteiger partial charge in [-0.05, 0) is 24.6 Å². The topological polar surface area (TPSA) is 24.5 Å². The lowest BCUT2D eigenvalue weighted by molar-refractivity contribution is -0.274. The van der Waals surface area contributed by atoms with Crippen molar-refractivity contribution in [2.75, 3.05) is 31.1 Å². The van der Waals surface area contributed by atoms with Crippen LogP contribution in [0.4, 0.5) is 18.9 Å². The Morgan fingerprint density at radius 3 is 2.44 bits per heavy atom. The van der Waals surface area contributed by atoms with Crippen molar-refractivity contribution < 1.29 is 17.9 Å². The molecule has 1 saturated heterocycles. The zero-order valence-electron chi connectivity index (χ0n) is 10.0. The van der Waals surface area contributed by atoms with E-state index in [0.29, 0.717) is 0 Å². The SMILES string of the molecule is Cc1cc(OC(F)(F)F)cc(N2CCNCC2)c1. The lowest BCUT2D eigenvalue weighted by Crippen LogP contribution is -2.43. The van der Waals surface area contributed by atoms with Crippen LogP contribution in [-0.4, -0.2) is 32.5 Å². The third kappa shape index (κ3) is 3.53. The van der Waals surface area contributed by atoms with E-state index >= 15 is 0 Å². The molecule has 1 fully saturated rings. The third-order valence-corrected chi connectivity index (χ3v) is 2.75. The molecular weight excluding hydrogens is 245 g/mol. The summed E-state index contributed by atoms with van der Waals surface area (Å²) in [4.78, 5) is 2.05. The molecule has 0 atom stereocenters. The minimum absolute atomic E-state index is 0.156. The van der Waals surface area contributed by atoms with Crippen LogP contribution in [0.5, 0.6) is 5.75 Å². The molecule has 100 valence electrons. The van der Waals surface area contributed by atoms with Crippen LogP contribution in [0.15, 0.2) is 18.2 Å². The second kappa shape index (κ2) is 5.06. The van der Waals surface area contributed by atoms with Gasteiger partial charge in [0.05, 0.1) is 0 Å². The molecule has 1 aliphatic rings. The van der Waals surface area contributed by atoms with E-state index in [0.717, 1.165) is 37.4 Å². The van der Waals surface area contributed by atoms with Crippen LogP contribution in [0.2, 0.25) is 0 Å². The Morgan fingerprint density at radius 1 is 1.17 bits per heavy atom. The first-order chi connectivity index (χ1) is 8.44. The molecule has 0 spiro atoms. The highest BCUT2D eigenvalue weighted by molar-refractivity contribution is 5.53. The molecule has 0 saturated carbocycles. The molecule has 6 heteroatoms. The van der Waals surface area contributed by atoms with Crippen molar-refractivity contribution in [2.45, 2.75) is 13.3 Å². The maximum absolute atomic E-state index is 12.2. The van der Waals surface area contributed by atoms with Crippen molar-refractivity contribution in [3.05, 3.63) is 23.8 Å². The number of nitrogens with one attached hydrogen (secondary N) is 1. The molecule has 18 heavy (non-hydrogen) atoms. The molecule has 0 aliphatic carbocycles. The molecule has 0 aromatic heterocycles. The van der Waals surface area contributed by atoms with Gasteiger partial charge in [-0.2, -0.15) is 0 Å². The quantitative estimate of drug-likeness (QED) is 0.883. The van der Waals surface area contributed by atoms with Crippen LogP contribution in [0.1, 0.15) is 5.56 Å². The largest absolute Gasteiger partial charge is 0.573 e. The van der Waals surface area contributed by atoms with Crippen molar-refractivity contribution in [1.82, 2.24) is 5.32 Å². The number of ether oxygens (including phenoxy) is 1. The molecule has 3 nitrogen and oxygen atoms in total. The Labute approximate surface area is 104 Å². The summed E-state index contributed by atoms with van der Waals surface area (Å²) in [5.74, 6) is -0.156. The first-order valence-corrected chi connectivity index (χ1v) is 5.77. The van der Waals surface area contributed by atoms with Crippen molar-refractivity contribution in [3.8, 4) is 5.75 Å². The molecule has 0 radical (unpaired) electrons. The number of aryl methyl sites for hydroxylation is 1. The predicted octanol–water partition coefficient (Wildman–Crippen LogP) is 2.30. The van der Waals surface area contributed by atoms with E-state index in [1.54, 1.807) is 6.92 Å². The van der Waals surface area contributed by atoms with Gasteiger partial charge in [-0.1, -0.05) is 0 Å². The van der Waals surface area contributed by atoms with Gasteiger partial charge in [0.25, 0.3) is 0 Å². The summed E-state index contributed by atoms with van der Waals surface area (Å²) in [5.41, 5.74) is 1.53. The highest BCUT2D eigenvalue weighted by atomic mass is 19.4. The molecule has 1 heterocycles. The number of alkyl halides is 3. The van der Waals surface area contributed by atoms with Crippen molar-refractivity contribution in [1.29, 1.82) is 0 Å². The summed E-state index contributed by atoms with van der Waals surface area (Å²) in [6, 6.07) is 4.69. The summed E-state index contributed by atoms with van der Waals surface area (Å²) >= 11 is 0. The average Bonchev–Trinajstić information content (AvgIpc) is 2.27. The first kappa shape index (κ1) is 13.0. The number of nitrogens with zero attached hydrogens (tertiary/aromatic N) is 1. The van der Waals surface area contributed by atoms with Crippen LogP contribution in [0.25, 0.3) is 0 Å². The highest BCUT2D eigenvalue weighted by Crippen LogP contribution is 2.28. The maximum atomic E-state index is 12.2. The van der Waals surface area contributed by atoms with Gasteiger partial charge in [-0.25, -0.2) is 0 Å². The molecule has 1 N–H and O–H groups in total. The van der Waals surface area contributed by atoms with E-state index in [2.05, 4.69) is 10.1 Å². The predicted molar refractivity (Wildman–Crippen MR) is 62.9 cm³/mol. The molecule has 1 aromatic rings. The fraction of sp³-hybridized carbons (Fsp3) is 0.500. The Bertz CT molecular complexity index is 414. The van der Waals surface area contributed by atoms with Gasteiger partial charge >= 0.3 is 6.36 Å². The molecule has 1 aromatic carbocycles. The van der Waals surface area contributed by atoms with E-state index in [1.807, 2.05) is 11.0 Å². The Kier molecular flexibility index (Phi) is 3.65. The van der Waals surface area contributed by atoms with Gasteiger partial charge in [-0.15, -0.1) is 13.2 Å². The first-order valence-electron chi connectivity index (χ1n) is 5.77. The summed E-state index contributed by atoms with van der Waals surface area (Å²) in [7, 11) is 0. The molecular formula is C12H15F3N2O. The number of piperazine rings is 1. The molecule has 0 unspecified atom stereocenters. The van der Waals surface area contributed by atoms with Gasteiger partial charge in [0, 0.05) is 37.9 Å². The minimum atomic E-state index is -4.64. The molecule has 2 rings (SSSR count). The standard InChI is InChI=1S/C12H15F3N2O/c1-9-6-10(17-4-2-16-3-5-17)8-11(7-9)18-12(13,14)15/h6-8,16H,2-5H2,1H3. The zero-order valence-corrected chi connectivity index (χ0v) is 10.0. The fourth-order valence-electron chi connectivity index (χ4n) is 2.03. The van der Waals surface area contributed by atoms with E-state index < -0.39 is 6.36 Å². The molecule has 0 bridgehead atoms. The van der Waals surface area contributed by atoms with Crippen LogP contribution in [0.3, 0.4) is 0 Å². The van der Waals surface area contributed by atoms with Crippen LogP contribution in [-0.2, 0) is 0 Å².